The molecule has 1 heteroatoms. The SMILES string of the molecule is Cl.c1ccc2cccc-2cc1. The molecule has 0 radical (unpaired) electrons. The fourth-order valence-electron chi connectivity index (χ4n) is 1.13. The Bertz CT molecular complexity index is 276. The fraction of sp³-hybridized carbons (Fsp3) is 0. The summed E-state index contributed by atoms with van der Waals surface area (Å²) in [6.45, 7) is 0. The summed E-state index contributed by atoms with van der Waals surface area (Å²) in [5.74, 6) is 0. The van der Waals surface area contributed by atoms with Crippen molar-refractivity contribution in [2.45, 2.75) is 0 Å². The molecule has 0 nitrogen and oxygen atoms in total. The zero-order chi connectivity index (χ0) is 6.81. The lowest BCUT2D eigenvalue weighted by Gasteiger charge is -1.85. The third-order valence-corrected chi connectivity index (χ3v) is 1.66. The Balaban J connectivity index is 0.000000605. The van der Waals surface area contributed by atoms with E-state index < -0.39 is 0 Å². The number of fused-ring (bicyclic) bond motifs is 1. The summed E-state index contributed by atoms with van der Waals surface area (Å²) in [6, 6.07) is 16.7. The molecule has 0 amide bonds. The molecule has 2 aliphatic carbocycles. The lowest BCUT2D eigenvalue weighted by atomic mass is 10.2. The minimum absolute atomic E-state index is 0. The predicted molar refractivity (Wildman–Crippen MR) is 50.3 cm³/mol. The Morgan fingerprint density at radius 3 is 1.55 bits per heavy atom. The Kier molecular flexibility index (Phi) is 2.50. The Morgan fingerprint density at radius 2 is 1.00 bits per heavy atom. The van der Waals surface area contributed by atoms with Gasteiger partial charge in [0.1, 0.15) is 0 Å². The lowest BCUT2D eigenvalue weighted by Crippen LogP contribution is -1.59. The molecule has 0 unspecified atom stereocenters. The van der Waals surface area contributed by atoms with E-state index in [1.807, 2.05) is 6.07 Å². The van der Waals surface area contributed by atoms with Crippen LogP contribution in [0.5, 0.6) is 0 Å². The van der Waals surface area contributed by atoms with Crippen LogP contribution in [0.25, 0.3) is 11.1 Å². The second kappa shape index (κ2) is 3.40. The highest BCUT2D eigenvalue weighted by Gasteiger charge is 1.94. The van der Waals surface area contributed by atoms with Crippen molar-refractivity contribution >= 4 is 12.4 Å². The molecule has 0 N–H and O–H groups in total. The van der Waals surface area contributed by atoms with Gasteiger partial charge in [0, 0.05) is 0 Å². The maximum absolute atomic E-state index is 2.12. The first-order valence-corrected chi connectivity index (χ1v) is 3.40. The number of rotatable bonds is 0. The zero-order valence-corrected chi connectivity index (χ0v) is 6.84. The van der Waals surface area contributed by atoms with E-state index >= 15 is 0 Å². The highest BCUT2D eigenvalue weighted by molar-refractivity contribution is 5.85. The minimum Gasteiger partial charge on any atom is -0.147 e. The van der Waals surface area contributed by atoms with E-state index in [1.54, 1.807) is 0 Å². The monoisotopic (exact) mass is 164 g/mol. The first kappa shape index (κ1) is 8.09. The van der Waals surface area contributed by atoms with E-state index in [-0.39, 0.29) is 12.4 Å². The van der Waals surface area contributed by atoms with Gasteiger partial charge in [-0.25, -0.2) is 0 Å². The van der Waals surface area contributed by atoms with Crippen LogP contribution in [0, 0.1) is 0 Å². The molecule has 0 bridgehead atoms. The maximum Gasteiger partial charge on any atom is -0.0184 e. The van der Waals surface area contributed by atoms with Crippen LogP contribution >= 0.6 is 12.4 Å². The van der Waals surface area contributed by atoms with E-state index in [9.17, 15) is 0 Å². The molecule has 0 saturated heterocycles. The van der Waals surface area contributed by atoms with Crippen molar-refractivity contribution in [3.63, 3.8) is 0 Å². The molecule has 56 valence electrons. The summed E-state index contributed by atoms with van der Waals surface area (Å²) < 4.78 is 0. The molecular formula is C10H9Cl. The normalized spacial score (nSPS) is 9.09. The summed E-state index contributed by atoms with van der Waals surface area (Å²) in [7, 11) is 0. The average Bonchev–Trinajstić information content (AvgIpc) is 2.28. The molecule has 0 atom stereocenters. The van der Waals surface area contributed by atoms with E-state index in [2.05, 4.69) is 42.5 Å². The third kappa shape index (κ3) is 1.52. The van der Waals surface area contributed by atoms with Crippen LogP contribution in [0.3, 0.4) is 0 Å². The van der Waals surface area contributed by atoms with Gasteiger partial charge in [-0.2, -0.15) is 0 Å². The maximum atomic E-state index is 2.12. The molecule has 11 heavy (non-hydrogen) atoms. The molecule has 2 aliphatic rings. The van der Waals surface area contributed by atoms with Crippen molar-refractivity contribution in [1.82, 2.24) is 0 Å². The highest BCUT2D eigenvalue weighted by Crippen LogP contribution is 2.19. The summed E-state index contributed by atoms with van der Waals surface area (Å²) in [4.78, 5) is 0. The quantitative estimate of drug-likeness (QED) is 0.561. The molecule has 0 aromatic heterocycles. The third-order valence-electron chi connectivity index (χ3n) is 1.66. The second-order valence-corrected chi connectivity index (χ2v) is 2.35. The van der Waals surface area contributed by atoms with Gasteiger partial charge in [-0.05, 0) is 11.1 Å². The van der Waals surface area contributed by atoms with Gasteiger partial charge in [0.25, 0.3) is 0 Å². The molecule has 2 rings (SSSR count). The van der Waals surface area contributed by atoms with Crippen LogP contribution in [0.4, 0.5) is 0 Å². The molecule has 0 saturated carbocycles. The standard InChI is InChI=1S/C10H8.ClH/c1-2-5-9-7-4-8-10(9)6-3-1;/h1-8H;1H. The Morgan fingerprint density at radius 1 is 0.545 bits per heavy atom. The number of hydrogen-bond acceptors (Lipinski definition) is 0. The second-order valence-electron chi connectivity index (χ2n) is 2.35. The van der Waals surface area contributed by atoms with Crippen LogP contribution in [0.15, 0.2) is 48.5 Å². The fourth-order valence-corrected chi connectivity index (χ4v) is 1.13. The van der Waals surface area contributed by atoms with Crippen molar-refractivity contribution in [1.29, 1.82) is 0 Å². The molecule has 0 fully saturated rings. The minimum atomic E-state index is 0. The summed E-state index contributed by atoms with van der Waals surface area (Å²) in [6.07, 6.45) is 0. The molecule has 0 aliphatic heterocycles. The van der Waals surface area contributed by atoms with Crippen LogP contribution < -0.4 is 0 Å². The smallest absolute Gasteiger partial charge is 0.0184 e. The van der Waals surface area contributed by atoms with E-state index in [1.165, 1.54) is 11.1 Å². The summed E-state index contributed by atoms with van der Waals surface area (Å²) in [5.41, 5.74) is 2.62. The molecular weight excluding hydrogens is 156 g/mol. The molecule has 0 heterocycles. The van der Waals surface area contributed by atoms with Gasteiger partial charge < -0.3 is 0 Å². The summed E-state index contributed by atoms with van der Waals surface area (Å²) >= 11 is 0. The van der Waals surface area contributed by atoms with Crippen molar-refractivity contribution in [3.05, 3.63) is 48.5 Å². The van der Waals surface area contributed by atoms with Crippen molar-refractivity contribution < 1.29 is 0 Å². The van der Waals surface area contributed by atoms with Gasteiger partial charge in [0.15, 0.2) is 0 Å². The first-order chi connectivity index (χ1) is 4.97. The first-order valence-electron chi connectivity index (χ1n) is 3.40. The van der Waals surface area contributed by atoms with Crippen LogP contribution in [0.2, 0.25) is 0 Å². The topological polar surface area (TPSA) is 0 Å². The van der Waals surface area contributed by atoms with E-state index in [4.69, 9.17) is 0 Å². The average molecular weight is 165 g/mol. The van der Waals surface area contributed by atoms with E-state index in [0.717, 1.165) is 0 Å². The van der Waals surface area contributed by atoms with Gasteiger partial charge in [-0.1, -0.05) is 48.5 Å². The van der Waals surface area contributed by atoms with Gasteiger partial charge in [-0.3, -0.25) is 0 Å². The Labute approximate surface area is 72.6 Å². The van der Waals surface area contributed by atoms with Gasteiger partial charge >= 0.3 is 0 Å². The van der Waals surface area contributed by atoms with Crippen LogP contribution in [-0.2, 0) is 0 Å². The van der Waals surface area contributed by atoms with Crippen molar-refractivity contribution in [3.8, 4) is 11.1 Å². The largest absolute Gasteiger partial charge is 0.147 e. The Hall–Kier alpha value is -1.01. The van der Waals surface area contributed by atoms with E-state index in [0.29, 0.717) is 0 Å². The van der Waals surface area contributed by atoms with Crippen LogP contribution in [0.1, 0.15) is 0 Å². The van der Waals surface area contributed by atoms with Crippen LogP contribution in [-0.4, -0.2) is 0 Å². The predicted octanol–water partition coefficient (Wildman–Crippen LogP) is 3.21. The van der Waals surface area contributed by atoms with Crippen molar-refractivity contribution in [2.75, 3.05) is 0 Å². The van der Waals surface area contributed by atoms with Gasteiger partial charge in [0.2, 0.25) is 0 Å². The van der Waals surface area contributed by atoms with Gasteiger partial charge in [0.05, 0.1) is 0 Å². The zero-order valence-electron chi connectivity index (χ0n) is 6.03. The van der Waals surface area contributed by atoms with Gasteiger partial charge in [-0.15, -0.1) is 12.4 Å². The van der Waals surface area contributed by atoms with Crippen molar-refractivity contribution in [2.24, 2.45) is 0 Å². The molecule has 0 aromatic rings. The lowest BCUT2D eigenvalue weighted by molar-refractivity contribution is 1.84. The molecule has 0 aromatic carbocycles. The highest BCUT2D eigenvalue weighted by atomic mass is 35.5. The number of hydrogen-bond donors (Lipinski definition) is 0. The number of halogens is 1. The summed E-state index contributed by atoms with van der Waals surface area (Å²) in [5, 5.41) is 0. The molecule has 0 spiro atoms.